The lowest BCUT2D eigenvalue weighted by molar-refractivity contribution is 0.101. The van der Waals surface area contributed by atoms with E-state index in [1.165, 1.54) is 11.3 Å². The zero-order valence-corrected chi connectivity index (χ0v) is 9.42. The van der Waals surface area contributed by atoms with Crippen LogP contribution < -0.4 is 4.90 Å². The third-order valence-corrected chi connectivity index (χ3v) is 2.96. The summed E-state index contributed by atoms with van der Waals surface area (Å²) < 4.78 is 0. The van der Waals surface area contributed by atoms with Crippen molar-refractivity contribution in [2.45, 2.75) is 26.7 Å². The molecule has 2 nitrogen and oxygen atoms in total. The molecule has 0 spiro atoms. The summed E-state index contributed by atoms with van der Waals surface area (Å²) in [7, 11) is 0. The van der Waals surface area contributed by atoms with E-state index in [1.807, 2.05) is 12.1 Å². The number of rotatable bonds is 3. The van der Waals surface area contributed by atoms with E-state index in [0.29, 0.717) is 0 Å². The zero-order valence-electron chi connectivity index (χ0n) is 9.42. The first kappa shape index (κ1) is 10.2. The van der Waals surface area contributed by atoms with Gasteiger partial charge in [-0.1, -0.05) is 19.1 Å². The second-order valence-electron chi connectivity index (χ2n) is 4.11. The van der Waals surface area contributed by atoms with Gasteiger partial charge in [0.25, 0.3) is 0 Å². The molecule has 2 heteroatoms. The van der Waals surface area contributed by atoms with Crippen molar-refractivity contribution in [2.75, 3.05) is 18.0 Å². The molecule has 0 fully saturated rings. The lowest BCUT2D eigenvalue weighted by Gasteiger charge is -2.20. The smallest absolute Gasteiger partial charge is 0.161 e. The Kier molecular flexibility index (Phi) is 2.76. The Balaban J connectivity index is 2.43. The van der Waals surface area contributed by atoms with Crippen molar-refractivity contribution in [3.8, 4) is 0 Å². The van der Waals surface area contributed by atoms with Crippen molar-refractivity contribution in [1.29, 1.82) is 0 Å². The Morgan fingerprint density at radius 1 is 1.47 bits per heavy atom. The molecule has 80 valence electrons. The first-order chi connectivity index (χ1) is 7.24. The number of fused-ring (bicyclic) bond motifs is 1. The number of para-hydroxylation sites is 1. The van der Waals surface area contributed by atoms with Crippen LogP contribution in [0, 0.1) is 0 Å². The molecule has 0 N–H and O–H groups in total. The van der Waals surface area contributed by atoms with Crippen molar-refractivity contribution in [2.24, 2.45) is 0 Å². The minimum Gasteiger partial charge on any atom is -0.370 e. The van der Waals surface area contributed by atoms with Gasteiger partial charge in [-0.2, -0.15) is 0 Å². The zero-order chi connectivity index (χ0) is 10.8. The maximum absolute atomic E-state index is 11.5. The standard InChI is InChI=1S/C13H17NO/c1-3-8-14-9-7-11-5-4-6-12(10(2)15)13(11)14/h4-6H,3,7-9H2,1-2H3. The number of ketones is 1. The molecule has 0 bridgehead atoms. The Labute approximate surface area is 90.9 Å². The molecule has 2 rings (SSSR count). The van der Waals surface area contributed by atoms with Gasteiger partial charge in [0.15, 0.2) is 5.78 Å². The van der Waals surface area contributed by atoms with Crippen LogP contribution in [-0.2, 0) is 6.42 Å². The van der Waals surface area contributed by atoms with Crippen LogP contribution in [0.15, 0.2) is 18.2 Å². The number of carbonyl (C=O) groups excluding carboxylic acids is 1. The minimum atomic E-state index is 0.176. The number of hydrogen-bond acceptors (Lipinski definition) is 2. The highest BCUT2D eigenvalue weighted by Crippen LogP contribution is 2.32. The normalized spacial score (nSPS) is 14.1. The fraction of sp³-hybridized carbons (Fsp3) is 0.462. The van der Waals surface area contributed by atoms with Crippen LogP contribution in [0.4, 0.5) is 5.69 Å². The number of benzene rings is 1. The highest BCUT2D eigenvalue weighted by atomic mass is 16.1. The molecule has 0 aliphatic carbocycles. The quantitative estimate of drug-likeness (QED) is 0.704. The van der Waals surface area contributed by atoms with Crippen LogP contribution in [-0.4, -0.2) is 18.9 Å². The predicted molar refractivity (Wildman–Crippen MR) is 62.7 cm³/mol. The van der Waals surface area contributed by atoms with E-state index in [1.54, 1.807) is 6.92 Å². The summed E-state index contributed by atoms with van der Waals surface area (Å²) in [5, 5.41) is 0. The lowest BCUT2D eigenvalue weighted by Crippen LogP contribution is -2.22. The first-order valence-corrected chi connectivity index (χ1v) is 5.61. The first-order valence-electron chi connectivity index (χ1n) is 5.61. The van der Waals surface area contributed by atoms with E-state index in [9.17, 15) is 4.79 Å². The fourth-order valence-electron chi connectivity index (χ4n) is 2.31. The molecule has 1 aromatic rings. The van der Waals surface area contributed by atoms with Gasteiger partial charge in [-0.3, -0.25) is 4.79 Å². The van der Waals surface area contributed by atoms with Gasteiger partial charge in [0.2, 0.25) is 0 Å². The Hall–Kier alpha value is -1.31. The molecule has 1 aliphatic rings. The highest BCUT2D eigenvalue weighted by Gasteiger charge is 2.22. The topological polar surface area (TPSA) is 20.3 Å². The number of anilines is 1. The van der Waals surface area contributed by atoms with Crippen molar-refractivity contribution in [3.63, 3.8) is 0 Å². The second-order valence-corrected chi connectivity index (χ2v) is 4.11. The molecule has 0 amide bonds. The van der Waals surface area contributed by atoms with E-state index >= 15 is 0 Å². The van der Waals surface area contributed by atoms with Gasteiger partial charge in [-0.15, -0.1) is 0 Å². The van der Waals surface area contributed by atoms with E-state index in [-0.39, 0.29) is 5.78 Å². The van der Waals surface area contributed by atoms with Gasteiger partial charge in [0.05, 0.1) is 5.69 Å². The minimum absolute atomic E-state index is 0.176. The summed E-state index contributed by atoms with van der Waals surface area (Å²) in [6, 6.07) is 6.07. The van der Waals surface area contributed by atoms with E-state index < -0.39 is 0 Å². The number of hydrogen-bond donors (Lipinski definition) is 0. The van der Waals surface area contributed by atoms with Crippen molar-refractivity contribution in [3.05, 3.63) is 29.3 Å². The number of nitrogens with zero attached hydrogens (tertiary/aromatic N) is 1. The average Bonchev–Trinajstić information content (AvgIpc) is 2.62. The van der Waals surface area contributed by atoms with Gasteiger partial charge in [0, 0.05) is 18.7 Å². The van der Waals surface area contributed by atoms with Crippen LogP contribution in [0.25, 0.3) is 0 Å². The summed E-state index contributed by atoms with van der Waals surface area (Å²) in [4.78, 5) is 13.9. The average molecular weight is 203 g/mol. The molecule has 0 saturated carbocycles. The van der Waals surface area contributed by atoms with E-state index in [2.05, 4.69) is 17.9 Å². The molecule has 0 atom stereocenters. The lowest BCUT2D eigenvalue weighted by atomic mass is 10.0. The molecule has 1 heterocycles. The summed E-state index contributed by atoms with van der Waals surface area (Å²) >= 11 is 0. The molecule has 0 unspecified atom stereocenters. The Morgan fingerprint density at radius 2 is 2.27 bits per heavy atom. The number of Topliss-reactive ketones (excluding diaryl/α,β-unsaturated/α-hetero) is 1. The van der Waals surface area contributed by atoms with Gasteiger partial charge in [0.1, 0.15) is 0 Å². The van der Waals surface area contributed by atoms with Crippen LogP contribution in [0.5, 0.6) is 0 Å². The summed E-state index contributed by atoms with van der Waals surface area (Å²) in [6.07, 6.45) is 2.21. The van der Waals surface area contributed by atoms with Gasteiger partial charge in [-0.25, -0.2) is 0 Å². The molecule has 0 saturated heterocycles. The molecule has 0 radical (unpaired) electrons. The van der Waals surface area contributed by atoms with Crippen LogP contribution in [0.1, 0.15) is 36.2 Å². The molecular weight excluding hydrogens is 186 g/mol. The van der Waals surface area contributed by atoms with Gasteiger partial charge in [-0.05, 0) is 31.4 Å². The maximum atomic E-state index is 11.5. The molecule has 1 aromatic carbocycles. The van der Waals surface area contributed by atoms with Crippen molar-refractivity contribution in [1.82, 2.24) is 0 Å². The second kappa shape index (κ2) is 4.05. The van der Waals surface area contributed by atoms with Crippen molar-refractivity contribution < 1.29 is 4.79 Å². The monoisotopic (exact) mass is 203 g/mol. The van der Waals surface area contributed by atoms with Crippen molar-refractivity contribution >= 4 is 11.5 Å². The molecule has 15 heavy (non-hydrogen) atoms. The summed E-state index contributed by atoms with van der Waals surface area (Å²) in [5.74, 6) is 0.176. The Morgan fingerprint density at radius 3 is 2.93 bits per heavy atom. The molecule has 0 aromatic heterocycles. The molecular formula is C13H17NO. The SMILES string of the molecule is CCCN1CCc2cccc(C(C)=O)c21. The fourth-order valence-corrected chi connectivity index (χ4v) is 2.31. The van der Waals surface area contributed by atoms with Crippen LogP contribution in [0.3, 0.4) is 0 Å². The van der Waals surface area contributed by atoms with Gasteiger partial charge < -0.3 is 4.90 Å². The van der Waals surface area contributed by atoms with Crippen LogP contribution in [0.2, 0.25) is 0 Å². The maximum Gasteiger partial charge on any atom is 0.161 e. The molecule has 1 aliphatic heterocycles. The predicted octanol–water partition coefficient (Wildman–Crippen LogP) is 2.66. The van der Waals surface area contributed by atoms with E-state index in [0.717, 1.165) is 31.5 Å². The van der Waals surface area contributed by atoms with Gasteiger partial charge >= 0.3 is 0 Å². The van der Waals surface area contributed by atoms with E-state index in [4.69, 9.17) is 0 Å². The Bertz CT molecular complexity index is 382. The third kappa shape index (κ3) is 1.76. The summed E-state index contributed by atoms with van der Waals surface area (Å²) in [6.45, 7) is 5.94. The highest BCUT2D eigenvalue weighted by molar-refractivity contribution is 6.00. The number of carbonyl (C=O) groups is 1. The summed E-state index contributed by atoms with van der Waals surface area (Å²) in [5.41, 5.74) is 3.40. The van der Waals surface area contributed by atoms with Crippen LogP contribution >= 0.6 is 0 Å². The third-order valence-electron chi connectivity index (χ3n) is 2.96. The largest absolute Gasteiger partial charge is 0.370 e.